The van der Waals surface area contributed by atoms with Crippen molar-refractivity contribution in [2.75, 3.05) is 32.7 Å². The van der Waals surface area contributed by atoms with Gasteiger partial charge in [0.05, 0.1) is 5.52 Å². The molecule has 4 rings (SSSR count). The maximum atomic E-state index is 13.9. The van der Waals surface area contributed by atoms with Crippen LogP contribution in [0.2, 0.25) is 0 Å². The van der Waals surface area contributed by atoms with E-state index in [1.165, 1.54) is 4.88 Å². The number of nitrogens with zero attached hydrogens (tertiary/aromatic N) is 3. The van der Waals surface area contributed by atoms with Gasteiger partial charge in [0.15, 0.2) is 0 Å². The number of rotatable bonds is 5. The number of hydrogen-bond donors (Lipinski definition) is 0. The Kier molecular flexibility index (Phi) is 5.06. The average molecular weight is 355 g/mol. The minimum atomic E-state index is -0.176. The van der Waals surface area contributed by atoms with E-state index in [1.54, 1.807) is 18.3 Å². The van der Waals surface area contributed by atoms with Crippen LogP contribution in [0.15, 0.2) is 48.0 Å². The molecule has 0 unspecified atom stereocenters. The number of benzene rings is 1. The number of piperazine rings is 1. The SMILES string of the molecule is Fc1cc(CN2CCN(CCc3cccs3)CC2)c2ncccc2c1. The fraction of sp³-hybridized carbons (Fsp3) is 0.350. The summed E-state index contributed by atoms with van der Waals surface area (Å²) in [7, 11) is 0. The van der Waals surface area contributed by atoms with Crippen LogP contribution < -0.4 is 0 Å². The van der Waals surface area contributed by atoms with Crippen LogP contribution in [-0.2, 0) is 13.0 Å². The molecule has 1 aliphatic heterocycles. The van der Waals surface area contributed by atoms with Crippen molar-refractivity contribution < 1.29 is 4.39 Å². The second kappa shape index (κ2) is 7.60. The van der Waals surface area contributed by atoms with Gasteiger partial charge in [0.2, 0.25) is 0 Å². The van der Waals surface area contributed by atoms with Crippen LogP contribution in [-0.4, -0.2) is 47.5 Å². The van der Waals surface area contributed by atoms with E-state index in [9.17, 15) is 4.39 Å². The molecule has 5 heteroatoms. The summed E-state index contributed by atoms with van der Waals surface area (Å²) in [6.07, 6.45) is 2.92. The van der Waals surface area contributed by atoms with Crippen LogP contribution in [0.3, 0.4) is 0 Å². The Balaban J connectivity index is 1.36. The van der Waals surface area contributed by atoms with Gasteiger partial charge in [0, 0.05) is 55.7 Å². The Labute approximate surface area is 151 Å². The smallest absolute Gasteiger partial charge is 0.124 e. The first kappa shape index (κ1) is 16.6. The van der Waals surface area contributed by atoms with Crippen molar-refractivity contribution in [2.24, 2.45) is 0 Å². The van der Waals surface area contributed by atoms with Gasteiger partial charge in [-0.05, 0) is 41.6 Å². The second-order valence-electron chi connectivity index (χ2n) is 6.59. The first-order valence-corrected chi connectivity index (χ1v) is 9.66. The normalized spacial score (nSPS) is 16.5. The zero-order valence-electron chi connectivity index (χ0n) is 14.2. The molecule has 0 aliphatic carbocycles. The van der Waals surface area contributed by atoms with Gasteiger partial charge in [-0.2, -0.15) is 0 Å². The summed E-state index contributed by atoms with van der Waals surface area (Å²) in [6, 6.07) is 11.3. The number of aromatic nitrogens is 1. The van der Waals surface area contributed by atoms with Crippen molar-refractivity contribution in [1.82, 2.24) is 14.8 Å². The van der Waals surface area contributed by atoms with Crippen molar-refractivity contribution in [1.29, 1.82) is 0 Å². The number of thiophene rings is 1. The monoisotopic (exact) mass is 355 g/mol. The van der Waals surface area contributed by atoms with Crippen LogP contribution in [0, 0.1) is 5.82 Å². The molecule has 0 saturated carbocycles. The molecule has 2 aromatic heterocycles. The highest BCUT2D eigenvalue weighted by molar-refractivity contribution is 7.09. The number of fused-ring (bicyclic) bond motifs is 1. The van der Waals surface area contributed by atoms with Gasteiger partial charge in [-0.3, -0.25) is 9.88 Å². The molecule has 0 N–H and O–H groups in total. The Morgan fingerprint density at radius 3 is 2.68 bits per heavy atom. The molecule has 1 aliphatic rings. The molecule has 130 valence electrons. The summed E-state index contributed by atoms with van der Waals surface area (Å²) < 4.78 is 13.9. The number of halogens is 1. The lowest BCUT2D eigenvalue weighted by Gasteiger charge is -2.34. The maximum absolute atomic E-state index is 13.9. The topological polar surface area (TPSA) is 19.4 Å². The molecule has 3 nitrogen and oxygen atoms in total. The highest BCUT2D eigenvalue weighted by atomic mass is 32.1. The molecule has 0 bridgehead atoms. The van der Waals surface area contributed by atoms with E-state index in [0.29, 0.717) is 0 Å². The molecule has 3 aromatic rings. The van der Waals surface area contributed by atoms with Gasteiger partial charge >= 0.3 is 0 Å². The van der Waals surface area contributed by atoms with Gasteiger partial charge in [-0.15, -0.1) is 11.3 Å². The fourth-order valence-corrected chi connectivity index (χ4v) is 4.18. The summed E-state index contributed by atoms with van der Waals surface area (Å²) in [4.78, 5) is 10.8. The Morgan fingerprint density at radius 1 is 1.04 bits per heavy atom. The van der Waals surface area contributed by atoms with Crippen molar-refractivity contribution in [2.45, 2.75) is 13.0 Å². The predicted molar refractivity (Wildman–Crippen MR) is 101 cm³/mol. The summed E-state index contributed by atoms with van der Waals surface area (Å²) in [5.74, 6) is -0.176. The lowest BCUT2D eigenvalue weighted by Crippen LogP contribution is -2.46. The quantitative estimate of drug-likeness (QED) is 0.694. The van der Waals surface area contributed by atoms with Gasteiger partial charge in [0.1, 0.15) is 5.82 Å². The lowest BCUT2D eigenvalue weighted by atomic mass is 10.1. The fourth-order valence-electron chi connectivity index (χ4n) is 3.48. The van der Waals surface area contributed by atoms with Crippen LogP contribution in [0.4, 0.5) is 4.39 Å². The molecule has 0 radical (unpaired) electrons. The standard InChI is InChI=1S/C20H22FN3S/c21-18-13-16-3-1-6-22-20(16)17(14-18)15-24-10-8-23(9-11-24)7-5-19-4-2-12-25-19/h1-4,6,12-14H,5,7-11,15H2. The lowest BCUT2D eigenvalue weighted by molar-refractivity contribution is 0.128. The second-order valence-corrected chi connectivity index (χ2v) is 7.62. The van der Waals surface area contributed by atoms with Crippen LogP contribution >= 0.6 is 11.3 Å². The third-order valence-electron chi connectivity index (χ3n) is 4.86. The van der Waals surface area contributed by atoms with E-state index >= 15 is 0 Å². The molecule has 1 saturated heterocycles. The summed E-state index contributed by atoms with van der Waals surface area (Å²) >= 11 is 1.84. The summed E-state index contributed by atoms with van der Waals surface area (Å²) in [6.45, 7) is 6.09. The first-order chi connectivity index (χ1) is 12.3. The Morgan fingerprint density at radius 2 is 1.88 bits per heavy atom. The summed E-state index contributed by atoms with van der Waals surface area (Å²) in [5, 5.41) is 3.03. The third-order valence-corrected chi connectivity index (χ3v) is 5.80. The first-order valence-electron chi connectivity index (χ1n) is 8.78. The van der Waals surface area contributed by atoms with E-state index < -0.39 is 0 Å². The molecule has 1 aromatic carbocycles. The van der Waals surface area contributed by atoms with Crippen LogP contribution in [0.1, 0.15) is 10.4 Å². The minimum Gasteiger partial charge on any atom is -0.300 e. The molecular formula is C20H22FN3S. The molecule has 0 atom stereocenters. The number of hydrogen-bond acceptors (Lipinski definition) is 4. The molecule has 1 fully saturated rings. The molecule has 0 spiro atoms. The third kappa shape index (κ3) is 4.06. The molecular weight excluding hydrogens is 333 g/mol. The Hall–Kier alpha value is -1.82. The van der Waals surface area contributed by atoms with E-state index in [2.05, 4.69) is 32.3 Å². The molecule has 3 heterocycles. The van der Waals surface area contributed by atoms with Crippen molar-refractivity contribution >= 4 is 22.2 Å². The zero-order valence-corrected chi connectivity index (χ0v) is 15.0. The summed E-state index contributed by atoms with van der Waals surface area (Å²) in [5.41, 5.74) is 1.91. The van der Waals surface area contributed by atoms with Crippen LogP contribution in [0.25, 0.3) is 10.9 Å². The Bertz CT molecular complexity index is 826. The van der Waals surface area contributed by atoms with Gasteiger partial charge in [-0.1, -0.05) is 12.1 Å². The van der Waals surface area contributed by atoms with Crippen molar-refractivity contribution in [3.8, 4) is 0 Å². The van der Waals surface area contributed by atoms with Gasteiger partial charge in [0.25, 0.3) is 0 Å². The van der Waals surface area contributed by atoms with Gasteiger partial charge < -0.3 is 4.90 Å². The van der Waals surface area contributed by atoms with E-state index in [0.717, 1.165) is 62.2 Å². The largest absolute Gasteiger partial charge is 0.300 e. The van der Waals surface area contributed by atoms with Crippen molar-refractivity contribution in [3.05, 3.63) is 64.2 Å². The van der Waals surface area contributed by atoms with Gasteiger partial charge in [-0.25, -0.2) is 4.39 Å². The van der Waals surface area contributed by atoms with E-state index in [-0.39, 0.29) is 5.82 Å². The highest BCUT2D eigenvalue weighted by Crippen LogP contribution is 2.20. The molecule has 0 amide bonds. The zero-order chi connectivity index (χ0) is 17.1. The highest BCUT2D eigenvalue weighted by Gasteiger charge is 2.18. The van der Waals surface area contributed by atoms with E-state index in [1.807, 2.05) is 23.5 Å². The van der Waals surface area contributed by atoms with Crippen molar-refractivity contribution in [3.63, 3.8) is 0 Å². The maximum Gasteiger partial charge on any atom is 0.124 e. The van der Waals surface area contributed by atoms with Crippen LogP contribution in [0.5, 0.6) is 0 Å². The van der Waals surface area contributed by atoms with E-state index in [4.69, 9.17) is 0 Å². The predicted octanol–water partition coefficient (Wildman–Crippen LogP) is 3.80. The molecule has 25 heavy (non-hydrogen) atoms. The minimum absolute atomic E-state index is 0.176. The average Bonchev–Trinajstić information content (AvgIpc) is 3.14. The number of pyridine rings is 1.